The van der Waals surface area contributed by atoms with Crippen LogP contribution in [0.5, 0.6) is 5.75 Å². The summed E-state index contributed by atoms with van der Waals surface area (Å²) in [6.07, 6.45) is 7.57. The Kier molecular flexibility index (Phi) is 16.0. The number of aldehydes is 1. The van der Waals surface area contributed by atoms with E-state index in [-0.39, 0.29) is 23.5 Å². The number of likely N-dealkylation sites (N-methyl/N-ethyl adjacent to an activating group) is 1. The van der Waals surface area contributed by atoms with Gasteiger partial charge in [0.1, 0.15) is 23.7 Å². The Morgan fingerprint density at radius 3 is 2.09 bits per heavy atom. The second kappa shape index (κ2) is 19.9. The highest BCUT2D eigenvalue weighted by Crippen LogP contribution is 2.35. The Balaban J connectivity index is 0.000000290. The van der Waals surface area contributed by atoms with Gasteiger partial charge in [-0.3, -0.25) is 0 Å². The van der Waals surface area contributed by atoms with Crippen molar-refractivity contribution in [1.29, 1.82) is 0 Å². The van der Waals surface area contributed by atoms with E-state index in [0.29, 0.717) is 29.5 Å². The van der Waals surface area contributed by atoms with Gasteiger partial charge in [0.25, 0.3) is 5.92 Å². The zero-order valence-electron chi connectivity index (χ0n) is 32.0. The molecule has 290 valence electrons. The number of nitrogens with zero attached hydrogens (tertiary/aromatic N) is 2. The van der Waals surface area contributed by atoms with Crippen molar-refractivity contribution in [3.8, 4) is 16.9 Å². The van der Waals surface area contributed by atoms with Crippen molar-refractivity contribution in [2.75, 3.05) is 33.3 Å². The Hall–Kier alpha value is -3.18. The van der Waals surface area contributed by atoms with Crippen LogP contribution in [0.1, 0.15) is 78.7 Å². The molecule has 53 heavy (non-hydrogen) atoms. The average molecular weight is 772 g/mol. The van der Waals surface area contributed by atoms with E-state index < -0.39 is 12.0 Å². The molecule has 3 aromatic carbocycles. The van der Waals surface area contributed by atoms with Gasteiger partial charge in [-0.2, -0.15) is 8.78 Å². The number of ether oxygens (including phenoxy) is 2. The molecule has 7 nitrogen and oxygen atoms in total. The van der Waals surface area contributed by atoms with E-state index in [1.54, 1.807) is 36.4 Å². The molecule has 2 heterocycles. The fourth-order valence-corrected chi connectivity index (χ4v) is 7.71. The standard InChI is InChI=1S/C28H28ClF2NO2S.C12H22N2O2.C2H6/c29-24-12-8-22(9-13-24)21-6-10-23(11-7-21)28(30,31)27(18-33)32-35-26-16-14-25(15-17-26)34-19-20-4-2-1-3-5-20;1-12(2,3)16-11(15)14-7-9-5-6-13(4)10(9)8-14;1-2/h6-18,20,27,32H,1-5,19H2;9-10H,5-8H2,1-4H3;1-2H3. The highest BCUT2D eigenvalue weighted by molar-refractivity contribution is 7.97. The molecule has 0 bridgehead atoms. The quantitative estimate of drug-likeness (QED) is 0.163. The largest absolute Gasteiger partial charge is 0.493 e. The lowest BCUT2D eigenvalue weighted by molar-refractivity contribution is -0.119. The lowest BCUT2D eigenvalue weighted by atomic mass is 9.90. The zero-order valence-corrected chi connectivity index (χ0v) is 33.5. The molecule has 0 radical (unpaired) electrons. The number of alkyl halides is 2. The molecule has 0 aromatic heterocycles. The molecule has 1 amide bonds. The van der Waals surface area contributed by atoms with Gasteiger partial charge in [0.05, 0.1) is 6.61 Å². The van der Waals surface area contributed by atoms with Gasteiger partial charge < -0.3 is 24.1 Å². The first kappa shape index (κ1) is 42.6. The van der Waals surface area contributed by atoms with Crippen LogP contribution in [0.15, 0.2) is 77.7 Å². The molecule has 2 saturated heterocycles. The first-order chi connectivity index (χ1) is 25.3. The van der Waals surface area contributed by atoms with Crippen LogP contribution in [0.25, 0.3) is 11.1 Å². The summed E-state index contributed by atoms with van der Waals surface area (Å²) in [5.74, 6) is -1.36. The maximum Gasteiger partial charge on any atom is 0.410 e. The summed E-state index contributed by atoms with van der Waals surface area (Å²) in [5, 5.41) is 0.607. The molecule has 0 spiro atoms. The minimum atomic E-state index is -3.38. The SMILES string of the molecule is CC.CN1CCC2CN(C(=O)OC(C)(C)C)CC21.O=CC(NSc1ccc(OCC2CCCCC2)cc1)C(F)(F)c1ccc(-c2ccc(Cl)cc2)cc1. The number of hydrogen-bond acceptors (Lipinski definition) is 7. The molecule has 6 rings (SSSR count). The fraction of sp³-hybridized carbons (Fsp3) is 0.524. The van der Waals surface area contributed by atoms with Crippen LogP contribution in [-0.4, -0.2) is 73.2 Å². The van der Waals surface area contributed by atoms with E-state index in [2.05, 4.69) is 16.7 Å². The van der Waals surface area contributed by atoms with Crippen LogP contribution in [0.2, 0.25) is 5.02 Å². The summed E-state index contributed by atoms with van der Waals surface area (Å²) in [5.41, 5.74) is 1.04. The highest BCUT2D eigenvalue weighted by atomic mass is 35.5. The summed E-state index contributed by atoms with van der Waals surface area (Å²) in [4.78, 5) is 28.4. The third-order valence-electron chi connectivity index (χ3n) is 9.79. The predicted octanol–water partition coefficient (Wildman–Crippen LogP) is 10.5. The fourth-order valence-electron chi connectivity index (χ4n) is 6.85. The molecule has 3 unspecified atom stereocenters. The van der Waals surface area contributed by atoms with E-state index in [1.807, 2.05) is 63.8 Å². The summed E-state index contributed by atoms with van der Waals surface area (Å²) >= 11 is 6.91. The molecule has 3 fully saturated rings. The van der Waals surface area contributed by atoms with Crippen LogP contribution >= 0.6 is 23.5 Å². The third-order valence-corrected chi connectivity index (χ3v) is 10.9. The topological polar surface area (TPSA) is 71.1 Å². The van der Waals surface area contributed by atoms with Crippen LogP contribution in [0, 0.1) is 11.8 Å². The summed E-state index contributed by atoms with van der Waals surface area (Å²) in [6.45, 7) is 13.3. The van der Waals surface area contributed by atoms with Crippen molar-refractivity contribution in [2.24, 2.45) is 11.8 Å². The summed E-state index contributed by atoms with van der Waals surface area (Å²) in [6, 6.07) is 19.2. The predicted molar refractivity (Wildman–Crippen MR) is 212 cm³/mol. The highest BCUT2D eigenvalue weighted by Gasteiger charge is 2.43. The first-order valence-corrected chi connectivity index (χ1v) is 20.0. The van der Waals surface area contributed by atoms with Gasteiger partial charge in [-0.1, -0.05) is 81.1 Å². The number of amides is 1. The summed E-state index contributed by atoms with van der Waals surface area (Å²) < 4.78 is 44.1. The van der Waals surface area contributed by atoms with Crippen molar-refractivity contribution in [2.45, 2.75) is 102 Å². The maximum absolute atomic E-state index is 15.1. The summed E-state index contributed by atoms with van der Waals surface area (Å²) in [7, 11) is 2.14. The third kappa shape index (κ3) is 12.4. The number of nitrogens with one attached hydrogen (secondary N) is 1. The van der Waals surface area contributed by atoms with E-state index in [0.717, 1.165) is 53.4 Å². The normalized spacial score (nSPS) is 19.6. The minimum Gasteiger partial charge on any atom is -0.493 e. The van der Waals surface area contributed by atoms with Gasteiger partial charge >= 0.3 is 6.09 Å². The molecule has 3 atom stereocenters. The second-order valence-electron chi connectivity index (χ2n) is 14.8. The van der Waals surface area contributed by atoms with Crippen molar-refractivity contribution < 1.29 is 27.8 Å². The number of halogens is 3. The van der Waals surface area contributed by atoms with Gasteiger partial charge in [0, 0.05) is 34.6 Å². The van der Waals surface area contributed by atoms with Crippen LogP contribution in [0.4, 0.5) is 13.6 Å². The van der Waals surface area contributed by atoms with Crippen LogP contribution in [0.3, 0.4) is 0 Å². The van der Waals surface area contributed by atoms with Gasteiger partial charge in [-0.15, -0.1) is 0 Å². The Labute approximate surface area is 324 Å². The van der Waals surface area contributed by atoms with Crippen LogP contribution < -0.4 is 9.46 Å². The zero-order chi connectivity index (χ0) is 38.6. The second-order valence-corrected chi connectivity index (χ2v) is 16.2. The number of benzene rings is 3. The number of rotatable bonds is 10. The van der Waals surface area contributed by atoms with E-state index in [1.165, 1.54) is 50.7 Å². The lowest BCUT2D eigenvalue weighted by Gasteiger charge is -2.25. The van der Waals surface area contributed by atoms with Gasteiger partial charge in [0.2, 0.25) is 0 Å². The molecule has 1 saturated carbocycles. The molecule has 3 aromatic rings. The van der Waals surface area contributed by atoms with Crippen molar-refractivity contribution >= 4 is 35.9 Å². The monoisotopic (exact) mass is 771 g/mol. The smallest absolute Gasteiger partial charge is 0.410 e. The Morgan fingerprint density at radius 1 is 0.925 bits per heavy atom. The number of likely N-dealkylation sites (tertiary alicyclic amines) is 2. The van der Waals surface area contributed by atoms with Crippen molar-refractivity contribution in [3.05, 3.63) is 83.4 Å². The van der Waals surface area contributed by atoms with Gasteiger partial charge in [-0.05, 0) is 125 Å². The van der Waals surface area contributed by atoms with Crippen molar-refractivity contribution in [1.82, 2.24) is 14.5 Å². The number of carbonyl (C=O) groups is 2. The minimum absolute atomic E-state index is 0.157. The Bertz CT molecular complexity index is 1570. The van der Waals surface area contributed by atoms with E-state index in [9.17, 15) is 9.59 Å². The van der Waals surface area contributed by atoms with Crippen LogP contribution in [-0.2, 0) is 15.5 Å². The molecule has 1 N–H and O–H groups in total. The maximum atomic E-state index is 15.1. The molecule has 3 aliphatic rings. The Morgan fingerprint density at radius 2 is 1.53 bits per heavy atom. The van der Waals surface area contributed by atoms with Gasteiger partial charge in [0.15, 0.2) is 0 Å². The molecular weight excluding hydrogens is 716 g/mol. The molecule has 2 aliphatic heterocycles. The molecule has 11 heteroatoms. The van der Waals surface area contributed by atoms with Gasteiger partial charge in [-0.25, -0.2) is 9.52 Å². The van der Waals surface area contributed by atoms with E-state index in [4.69, 9.17) is 21.1 Å². The van der Waals surface area contributed by atoms with Crippen molar-refractivity contribution in [3.63, 3.8) is 0 Å². The average Bonchev–Trinajstić information content (AvgIpc) is 3.74. The van der Waals surface area contributed by atoms with E-state index >= 15 is 8.78 Å². The molecule has 1 aliphatic carbocycles. The lowest BCUT2D eigenvalue weighted by Crippen LogP contribution is -2.41. The molecular formula is C42H56ClF2N3O4S. The number of hydrogen-bond donors (Lipinski definition) is 1. The first-order valence-electron chi connectivity index (χ1n) is 18.9. The number of carbonyl (C=O) groups excluding carboxylic acids is 2. The number of fused-ring (bicyclic) bond motifs is 1.